The van der Waals surface area contributed by atoms with E-state index in [1.54, 1.807) is 4.90 Å². The van der Waals surface area contributed by atoms with Gasteiger partial charge in [-0.1, -0.05) is 34.1 Å². The van der Waals surface area contributed by atoms with E-state index in [2.05, 4.69) is 53.1 Å². The molecular weight excluding hydrogens is 504 g/mol. The van der Waals surface area contributed by atoms with Gasteiger partial charge >= 0.3 is 0 Å². The van der Waals surface area contributed by atoms with Crippen molar-refractivity contribution < 1.29 is 9.59 Å². The van der Waals surface area contributed by atoms with E-state index in [4.69, 9.17) is 0 Å². The number of benzene rings is 2. The normalized spacial score (nSPS) is 17.2. The Morgan fingerprint density at radius 3 is 2.33 bits per heavy atom. The van der Waals surface area contributed by atoms with Gasteiger partial charge in [0.25, 0.3) is 0 Å². The van der Waals surface area contributed by atoms with Gasteiger partial charge in [0.1, 0.15) is 0 Å². The molecule has 3 rings (SSSR count). The van der Waals surface area contributed by atoms with Gasteiger partial charge in [-0.05, 0) is 56.1 Å². The molecule has 0 saturated carbocycles. The Hall–Kier alpha value is -1.18. The first kappa shape index (κ1) is 17.6. The molecule has 1 N–H and O–H groups in total. The molecule has 124 valence electrons. The van der Waals surface area contributed by atoms with Crippen molar-refractivity contribution in [1.82, 2.24) is 0 Å². The van der Waals surface area contributed by atoms with E-state index >= 15 is 0 Å². The molecule has 2 aromatic rings. The quantitative estimate of drug-likeness (QED) is 0.626. The second-order valence-corrected chi connectivity index (χ2v) is 8.10. The van der Waals surface area contributed by atoms with Gasteiger partial charge < -0.3 is 10.2 Å². The minimum atomic E-state index is -0.375. The van der Waals surface area contributed by atoms with Gasteiger partial charge in [0.05, 0.1) is 11.6 Å². The summed E-state index contributed by atoms with van der Waals surface area (Å²) in [6.07, 6.45) is 0.215. The molecule has 2 amide bonds. The third kappa shape index (κ3) is 3.73. The number of carbonyl (C=O) groups is 2. The molecule has 0 radical (unpaired) electrons. The number of halogens is 3. The number of carbonyl (C=O) groups excluding carboxylic acids is 2. The lowest BCUT2D eigenvalue weighted by Crippen LogP contribution is -2.28. The molecule has 1 aliphatic heterocycles. The Morgan fingerprint density at radius 1 is 1.08 bits per heavy atom. The number of nitrogens with one attached hydrogen (secondary N) is 1. The van der Waals surface area contributed by atoms with Crippen molar-refractivity contribution in [3.8, 4) is 0 Å². The minimum absolute atomic E-state index is 0.0321. The fourth-order valence-electron chi connectivity index (χ4n) is 2.63. The Balaban J connectivity index is 1.74. The van der Waals surface area contributed by atoms with Crippen LogP contribution in [0.5, 0.6) is 0 Å². The van der Waals surface area contributed by atoms with Crippen LogP contribution >= 0.6 is 47.8 Å². The van der Waals surface area contributed by atoms with Gasteiger partial charge in [-0.3, -0.25) is 9.59 Å². The highest BCUT2D eigenvalue weighted by Crippen LogP contribution is 2.35. The zero-order chi connectivity index (χ0) is 17.3. The number of nitrogens with zero attached hydrogens (tertiary/aromatic N) is 1. The summed E-state index contributed by atoms with van der Waals surface area (Å²) in [6, 6.07) is 13.1. The SMILES string of the molecule is O=C(Nc1c(Br)cc(Br)cc1Br)C1CC(=O)N(c2ccccc2)C1. The smallest absolute Gasteiger partial charge is 0.229 e. The lowest BCUT2D eigenvalue weighted by molar-refractivity contribution is -0.122. The maximum atomic E-state index is 12.6. The van der Waals surface area contributed by atoms with Crippen LogP contribution < -0.4 is 10.2 Å². The largest absolute Gasteiger partial charge is 0.324 e. The molecule has 0 aromatic heterocycles. The molecule has 4 nitrogen and oxygen atoms in total. The van der Waals surface area contributed by atoms with Gasteiger partial charge in [0.15, 0.2) is 0 Å². The summed E-state index contributed by atoms with van der Waals surface area (Å²) < 4.78 is 2.42. The molecule has 1 atom stereocenters. The standard InChI is InChI=1S/C17H13Br3N2O2/c18-11-7-13(19)16(14(20)8-11)21-17(24)10-6-15(23)22(9-10)12-4-2-1-3-5-12/h1-5,7-8,10H,6,9H2,(H,21,24). The van der Waals surface area contributed by atoms with E-state index in [0.717, 1.165) is 19.1 Å². The van der Waals surface area contributed by atoms with Crippen molar-refractivity contribution in [2.75, 3.05) is 16.8 Å². The van der Waals surface area contributed by atoms with Crippen LogP contribution in [0.4, 0.5) is 11.4 Å². The van der Waals surface area contributed by atoms with Crippen molar-refractivity contribution >= 4 is 71.0 Å². The fraction of sp³-hybridized carbons (Fsp3) is 0.176. The molecule has 0 spiro atoms. The average Bonchev–Trinajstić information content (AvgIpc) is 2.93. The molecule has 0 bridgehead atoms. The summed E-state index contributed by atoms with van der Waals surface area (Å²) in [5.74, 6) is -0.569. The average molecular weight is 517 g/mol. The van der Waals surface area contributed by atoms with Crippen molar-refractivity contribution in [1.29, 1.82) is 0 Å². The third-order valence-electron chi connectivity index (χ3n) is 3.82. The minimum Gasteiger partial charge on any atom is -0.324 e. The van der Waals surface area contributed by atoms with Crippen LogP contribution in [0.3, 0.4) is 0 Å². The summed E-state index contributed by atoms with van der Waals surface area (Å²) in [7, 11) is 0. The lowest BCUT2D eigenvalue weighted by Gasteiger charge is -2.17. The molecule has 1 saturated heterocycles. The van der Waals surface area contributed by atoms with E-state index < -0.39 is 0 Å². The van der Waals surface area contributed by atoms with Crippen LogP contribution in [-0.2, 0) is 9.59 Å². The van der Waals surface area contributed by atoms with E-state index in [0.29, 0.717) is 12.2 Å². The Labute approximate surface area is 165 Å². The van der Waals surface area contributed by atoms with E-state index in [9.17, 15) is 9.59 Å². The van der Waals surface area contributed by atoms with Crippen LogP contribution in [0.1, 0.15) is 6.42 Å². The summed E-state index contributed by atoms with van der Waals surface area (Å²) in [5.41, 5.74) is 1.48. The van der Waals surface area contributed by atoms with Gasteiger partial charge in [-0.2, -0.15) is 0 Å². The molecule has 1 fully saturated rings. The molecule has 2 aromatic carbocycles. The summed E-state index contributed by atoms with van der Waals surface area (Å²) in [5, 5.41) is 2.91. The number of para-hydroxylation sites is 1. The first-order valence-electron chi connectivity index (χ1n) is 7.26. The van der Waals surface area contributed by atoms with Gasteiger partial charge in [0.2, 0.25) is 11.8 Å². The fourth-order valence-corrected chi connectivity index (χ4v) is 5.08. The maximum absolute atomic E-state index is 12.6. The molecule has 7 heteroatoms. The summed E-state index contributed by atoms with van der Waals surface area (Å²) >= 11 is 10.3. The van der Waals surface area contributed by atoms with Crippen molar-refractivity contribution in [2.45, 2.75) is 6.42 Å². The van der Waals surface area contributed by atoms with Crippen molar-refractivity contribution in [3.05, 3.63) is 55.9 Å². The number of amides is 2. The summed E-state index contributed by atoms with van der Waals surface area (Å²) in [6.45, 7) is 0.389. The van der Waals surface area contributed by atoms with Gasteiger partial charge in [-0.25, -0.2) is 0 Å². The molecule has 1 aliphatic rings. The first-order chi connectivity index (χ1) is 11.5. The number of hydrogen-bond donors (Lipinski definition) is 1. The number of anilines is 2. The molecule has 1 heterocycles. The van der Waals surface area contributed by atoms with Gasteiger partial charge in [-0.15, -0.1) is 0 Å². The predicted octanol–water partition coefficient (Wildman–Crippen LogP) is 4.97. The molecule has 0 aliphatic carbocycles. The number of rotatable bonds is 3. The van der Waals surface area contributed by atoms with E-state index in [1.807, 2.05) is 42.5 Å². The van der Waals surface area contributed by atoms with Crippen LogP contribution in [0.15, 0.2) is 55.9 Å². The Kier molecular flexibility index (Phi) is 5.42. The van der Waals surface area contributed by atoms with Crippen molar-refractivity contribution in [2.24, 2.45) is 5.92 Å². The summed E-state index contributed by atoms with van der Waals surface area (Å²) in [4.78, 5) is 26.5. The van der Waals surface area contributed by atoms with Gasteiger partial charge in [0, 0.05) is 32.1 Å². The van der Waals surface area contributed by atoms with Crippen LogP contribution in [0, 0.1) is 5.92 Å². The highest BCUT2D eigenvalue weighted by atomic mass is 79.9. The zero-order valence-electron chi connectivity index (χ0n) is 12.4. The lowest BCUT2D eigenvalue weighted by atomic mass is 10.1. The second-order valence-electron chi connectivity index (χ2n) is 5.47. The topological polar surface area (TPSA) is 49.4 Å². The molecular formula is C17H13Br3N2O2. The third-order valence-corrected chi connectivity index (χ3v) is 5.53. The Bertz CT molecular complexity index is 773. The first-order valence-corrected chi connectivity index (χ1v) is 9.64. The van der Waals surface area contributed by atoms with Crippen LogP contribution in [-0.4, -0.2) is 18.4 Å². The van der Waals surface area contributed by atoms with Crippen LogP contribution in [0.2, 0.25) is 0 Å². The van der Waals surface area contributed by atoms with Crippen molar-refractivity contribution in [3.63, 3.8) is 0 Å². The molecule has 1 unspecified atom stereocenters. The Morgan fingerprint density at radius 2 is 1.71 bits per heavy atom. The highest BCUT2D eigenvalue weighted by Gasteiger charge is 2.35. The molecule has 24 heavy (non-hydrogen) atoms. The van der Waals surface area contributed by atoms with Crippen LogP contribution in [0.25, 0.3) is 0 Å². The zero-order valence-corrected chi connectivity index (χ0v) is 17.2. The second kappa shape index (κ2) is 7.37. The monoisotopic (exact) mass is 514 g/mol. The van der Waals surface area contributed by atoms with E-state index in [-0.39, 0.29) is 24.2 Å². The highest BCUT2D eigenvalue weighted by molar-refractivity contribution is 9.11. The predicted molar refractivity (Wildman–Crippen MR) is 105 cm³/mol. The maximum Gasteiger partial charge on any atom is 0.229 e. The number of hydrogen-bond acceptors (Lipinski definition) is 2. The van der Waals surface area contributed by atoms with E-state index in [1.165, 1.54) is 0 Å².